The molecular formula is C16H17NS. The summed E-state index contributed by atoms with van der Waals surface area (Å²) in [6, 6.07) is 11.1. The second kappa shape index (κ2) is 3.79. The maximum atomic E-state index is 4.55. The molecule has 2 heteroatoms. The summed E-state index contributed by atoms with van der Waals surface area (Å²) >= 11 is 1.78. The molecule has 0 atom stereocenters. The van der Waals surface area contributed by atoms with Gasteiger partial charge in [0.15, 0.2) is 0 Å². The molecular weight excluding hydrogens is 238 g/mol. The summed E-state index contributed by atoms with van der Waals surface area (Å²) in [7, 11) is 0. The molecule has 0 unspecified atom stereocenters. The lowest BCUT2D eigenvalue weighted by atomic mass is 9.86. The van der Waals surface area contributed by atoms with Crippen molar-refractivity contribution in [1.82, 2.24) is 4.98 Å². The van der Waals surface area contributed by atoms with E-state index in [1.165, 1.54) is 21.0 Å². The predicted octanol–water partition coefficient (Wildman–Crippen LogP) is 5.06. The molecule has 0 aliphatic rings. The van der Waals surface area contributed by atoms with Gasteiger partial charge in [-0.15, -0.1) is 11.3 Å². The normalized spacial score (nSPS) is 12.4. The number of fused-ring (bicyclic) bond motifs is 3. The highest BCUT2D eigenvalue weighted by molar-refractivity contribution is 7.19. The van der Waals surface area contributed by atoms with Crippen LogP contribution >= 0.6 is 11.3 Å². The highest BCUT2D eigenvalue weighted by atomic mass is 32.1. The first-order valence-electron chi connectivity index (χ1n) is 6.25. The van der Waals surface area contributed by atoms with Crippen LogP contribution < -0.4 is 0 Å². The van der Waals surface area contributed by atoms with Crippen LogP contribution in [-0.4, -0.2) is 4.98 Å². The standard InChI is InChI=1S/C16H17NS/c1-10-17-14-8-5-11-9-12(16(2,3)4)6-7-13(11)15(14)18-10/h5-9H,1-4H3. The second-order valence-electron chi connectivity index (χ2n) is 5.83. The van der Waals surface area contributed by atoms with Gasteiger partial charge in [0, 0.05) is 5.39 Å². The van der Waals surface area contributed by atoms with E-state index in [1.807, 2.05) is 0 Å². The van der Waals surface area contributed by atoms with Gasteiger partial charge >= 0.3 is 0 Å². The molecule has 2 aromatic carbocycles. The lowest BCUT2D eigenvalue weighted by Crippen LogP contribution is -2.10. The highest BCUT2D eigenvalue weighted by Crippen LogP contribution is 2.32. The number of benzene rings is 2. The minimum absolute atomic E-state index is 0.201. The van der Waals surface area contributed by atoms with Crippen LogP contribution in [0.3, 0.4) is 0 Å². The molecule has 0 fully saturated rings. The monoisotopic (exact) mass is 255 g/mol. The Labute approximate surface area is 111 Å². The Balaban J connectivity index is 2.34. The SMILES string of the molecule is Cc1nc2ccc3cc(C(C)(C)C)ccc3c2s1. The minimum Gasteiger partial charge on any atom is -0.241 e. The predicted molar refractivity (Wildman–Crippen MR) is 80.6 cm³/mol. The Morgan fingerprint density at radius 3 is 2.56 bits per heavy atom. The van der Waals surface area contributed by atoms with Crippen molar-refractivity contribution in [2.45, 2.75) is 33.1 Å². The van der Waals surface area contributed by atoms with Crippen LogP contribution in [-0.2, 0) is 5.41 Å². The lowest BCUT2D eigenvalue weighted by molar-refractivity contribution is 0.591. The molecule has 3 rings (SSSR count). The molecule has 18 heavy (non-hydrogen) atoms. The molecule has 0 radical (unpaired) electrons. The maximum absolute atomic E-state index is 4.55. The molecule has 1 aromatic heterocycles. The van der Waals surface area contributed by atoms with Gasteiger partial charge < -0.3 is 0 Å². The lowest BCUT2D eigenvalue weighted by Gasteiger charge is -2.19. The Morgan fingerprint density at radius 1 is 1.06 bits per heavy atom. The number of nitrogens with zero attached hydrogens (tertiary/aromatic N) is 1. The van der Waals surface area contributed by atoms with Gasteiger partial charge in [0.05, 0.1) is 15.2 Å². The van der Waals surface area contributed by atoms with Crippen molar-refractivity contribution in [3.05, 3.63) is 40.9 Å². The quantitative estimate of drug-likeness (QED) is 0.547. The van der Waals surface area contributed by atoms with E-state index in [2.05, 4.69) is 63.0 Å². The van der Waals surface area contributed by atoms with E-state index in [9.17, 15) is 0 Å². The van der Waals surface area contributed by atoms with Crippen molar-refractivity contribution in [3.63, 3.8) is 0 Å². The van der Waals surface area contributed by atoms with Gasteiger partial charge in [-0.3, -0.25) is 0 Å². The van der Waals surface area contributed by atoms with Gasteiger partial charge in [-0.25, -0.2) is 4.98 Å². The van der Waals surface area contributed by atoms with Crippen LogP contribution in [0.25, 0.3) is 21.0 Å². The van der Waals surface area contributed by atoms with Crippen molar-refractivity contribution in [2.75, 3.05) is 0 Å². The molecule has 0 saturated heterocycles. The zero-order valence-electron chi connectivity index (χ0n) is 11.2. The summed E-state index contributed by atoms with van der Waals surface area (Å²) < 4.78 is 1.31. The Bertz CT molecular complexity index is 732. The molecule has 0 aliphatic heterocycles. The summed E-state index contributed by atoms with van der Waals surface area (Å²) in [5.74, 6) is 0. The van der Waals surface area contributed by atoms with E-state index in [-0.39, 0.29) is 5.41 Å². The van der Waals surface area contributed by atoms with Crippen LogP contribution in [0.4, 0.5) is 0 Å². The third-order valence-electron chi connectivity index (χ3n) is 3.34. The number of rotatable bonds is 0. The first kappa shape index (κ1) is 11.7. The van der Waals surface area contributed by atoms with Crippen molar-refractivity contribution < 1.29 is 0 Å². The van der Waals surface area contributed by atoms with E-state index in [0.29, 0.717) is 0 Å². The van der Waals surface area contributed by atoms with Gasteiger partial charge in [-0.2, -0.15) is 0 Å². The van der Waals surface area contributed by atoms with Gasteiger partial charge in [0.25, 0.3) is 0 Å². The molecule has 3 aromatic rings. The summed E-state index contributed by atoms with van der Waals surface area (Å²) in [6.45, 7) is 8.83. The summed E-state index contributed by atoms with van der Waals surface area (Å²) in [4.78, 5) is 4.55. The van der Waals surface area contributed by atoms with Gasteiger partial charge in [0.1, 0.15) is 0 Å². The first-order chi connectivity index (χ1) is 8.45. The largest absolute Gasteiger partial charge is 0.241 e. The summed E-state index contributed by atoms with van der Waals surface area (Å²) in [5.41, 5.74) is 2.70. The zero-order chi connectivity index (χ0) is 12.9. The molecule has 0 bridgehead atoms. The van der Waals surface area contributed by atoms with Crippen LogP contribution in [0, 0.1) is 6.92 Å². The fourth-order valence-electron chi connectivity index (χ4n) is 2.29. The molecule has 1 heterocycles. The summed E-state index contributed by atoms with van der Waals surface area (Å²) in [6.07, 6.45) is 0. The van der Waals surface area contributed by atoms with Crippen LogP contribution in [0.15, 0.2) is 30.3 Å². The van der Waals surface area contributed by atoms with Crippen molar-refractivity contribution in [2.24, 2.45) is 0 Å². The average molecular weight is 255 g/mol. The van der Waals surface area contributed by atoms with Crippen LogP contribution in [0.1, 0.15) is 31.3 Å². The number of hydrogen-bond donors (Lipinski definition) is 0. The van der Waals surface area contributed by atoms with Crippen molar-refractivity contribution in [1.29, 1.82) is 0 Å². The van der Waals surface area contributed by atoms with E-state index in [4.69, 9.17) is 0 Å². The van der Waals surface area contributed by atoms with Gasteiger partial charge in [-0.1, -0.05) is 45.0 Å². The molecule has 0 amide bonds. The molecule has 92 valence electrons. The van der Waals surface area contributed by atoms with Gasteiger partial charge in [0.2, 0.25) is 0 Å². The first-order valence-corrected chi connectivity index (χ1v) is 7.07. The van der Waals surface area contributed by atoms with E-state index >= 15 is 0 Å². The number of aromatic nitrogens is 1. The van der Waals surface area contributed by atoms with Crippen molar-refractivity contribution in [3.8, 4) is 0 Å². The third kappa shape index (κ3) is 1.81. The average Bonchev–Trinajstić information content (AvgIpc) is 2.68. The smallest absolute Gasteiger partial charge is 0.0907 e. The molecule has 0 aliphatic carbocycles. The zero-order valence-corrected chi connectivity index (χ0v) is 12.1. The van der Waals surface area contributed by atoms with Crippen molar-refractivity contribution >= 4 is 32.3 Å². The van der Waals surface area contributed by atoms with E-state index in [0.717, 1.165) is 10.5 Å². The highest BCUT2D eigenvalue weighted by Gasteiger charge is 2.14. The number of aryl methyl sites for hydroxylation is 1. The van der Waals surface area contributed by atoms with E-state index in [1.54, 1.807) is 11.3 Å². The fraction of sp³-hybridized carbons (Fsp3) is 0.312. The second-order valence-corrected chi connectivity index (χ2v) is 7.04. The Kier molecular flexibility index (Phi) is 2.46. The maximum Gasteiger partial charge on any atom is 0.0907 e. The topological polar surface area (TPSA) is 12.9 Å². The summed E-state index contributed by atoms with van der Waals surface area (Å²) in [5, 5.41) is 3.78. The Morgan fingerprint density at radius 2 is 1.83 bits per heavy atom. The Hall–Kier alpha value is -1.41. The third-order valence-corrected chi connectivity index (χ3v) is 4.36. The minimum atomic E-state index is 0.201. The number of thiazole rings is 1. The molecule has 0 spiro atoms. The molecule has 0 N–H and O–H groups in total. The molecule has 1 nitrogen and oxygen atoms in total. The van der Waals surface area contributed by atoms with E-state index < -0.39 is 0 Å². The fourth-order valence-corrected chi connectivity index (χ4v) is 3.25. The number of hydrogen-bond acceptors (Lipinski definition) is 2. The van der Waals surface area contributed by atoms with Gasteiger partial charge in [-0.05, 0) is 29.4 Å². The van der Waals surface area contributed by atoms with Crippen LogP contribution in [0.5, 0.6) is 0 Å². The molecule has 0 saturated carbocycles. The van der Waals surface area contributed by atoms with Crippen LogP contribution in [0.2, 0.25) is 0 Å².